The van der Waals surface area contributed by atoms with Gasteiger partial charge >= 0.3 is 5.97 Å². The molecule has 23 heavy (non-hydrogen) atoms. The molecule has 7 nitrogen and oxygen atoms in total. The first-order valence-electron chi connectivity index (χ1n) is 7.77. The normalized spacial score (nSPS) is 40.8. The van der Waals surface area contributed by atoms with Gasteiger partial charge in [-0.1, -0.05) is 6.58 Å². The van der Waals surface area contributed by atoms with Crippen LogP contribution in [0.1, 0.15) is 34.6 Å². The maximum Gasteiger partial charge on any atom is 0.333 e. The lowest BCUT2D eigenvalue weighted by atomic mass is 10.1. The lowest BCUT2D eigenvalue weighted by Gasteiger charge is -2.28. The van der Waals surface area contributed by atoms with Crippen LogP contribution in [-0.2, 0) is 33.2 Å². The molecule has 3 aliphatic rings. The van der Waals surface area contributed by atoms with Gasteiger partial charge in [-0.3, -0.25) is 0 Å². The van der Waals surface area contributed by atoms with E-state index >= 15 is 0 Å². The highest BCUT2D eigenvalue weighted by atomic mass is 16.8. The van der Waals surface area contributed by atoms with E-state index in [1.165, 1.54) is 0 Å². The summed E-state index contributed by atoms with van der Waals surface area (Å²) in [4.78, 5) is 12.0. The van der Waals surface area contributed by atoms with Crippen LogP contribution >= 0.6 is 0 Å². The minimum Gasteiger partial charge on any atom is -0.453 e. The Hall–Kier alpha value is -0.990. The Balaban J connectivity index is 1.79. The van der Waals surface area contributed by atoms with Crippen molar-refractivity contribution in [2.75, 3.05) is 6.61 Å². The van der Waals surface area contributed by atoms with Crippen LogP contribution in [-0.4, -0.2) is 54.9 Å². The first-order valence-corrected chi connectivity index (χ1v) is 7.77. The summed E-state index contributed by atoms with van der Waals surface area (Å²) < 4.78 is 34.5. The molecule has 0 aliphatic carbocycles. The van der Waals surface area contributed by atoms with Gasteiger partial charge in [-0.15, -0.1) is 0 Å². The molecule has 0 spiro atoms. The lowest BCUT2D eigenvalue weighted by molar-refractivity contribution is -0.234. The zero-order chi connectivity index (χ0) is 17.0. The van der Waals surface area contributed by atoms with Gasteiger partial charge in [0, 0.05) is 5.57 Å². The Kier molecular flexibility index (Phi) is 4.05. The highest BCUT2D eigenvalue weighted by Gasteiger charge is 2.60. The summed E-state index contributed by atoms with van der Waals surface area (Å²) >= 11 is 0. The van der Waals surface area contributed by atoms with Crippen LogP contribution in [0.3, 0.4) is 0 Å². The van der Waals surface area contributed by atoms with Crippen LogP contribution in [0.2, 0.25) is 0 Å². The minimum atomic E-state index is -0.791. The number of fused-ring (bicyclic) bond motifs is 1. The van der Waals surface area contributed by atoms with Crippen molar-refractivity contribution in [2.24, 2.45) is 0 Å². The van der Waals surface area contributed by atoms with Gasteiger partial charge in [0.25, 0.3) is 0 Å². The van der Waals surface area contributed by atoms with E-state index in [9.17, 15) is 4.79 Å². The summed E-state index contributed by atoms with van der Waals surface area (Å²) in [7, 11) is 0. The average Bonchev–Trinajstić information content (AvgIpc) is 3.01. The van der Waals surface area contributed by atoms with Crippen LogP contribution in [0, 0.1) is 0 Å². The Morgan fingerprint density at radius 2 is 1.78 bits per heavy atom. The predicted molar refractivity (Wildman–Crippen MR) is 78.3 cm³/mol. The second-order valence-corrected chi connectivity index (χ2v) is 7.09. The largest absolute Gasteiger partial charge is 0.453 e. The number of hydrogen-bond acceptors (Lipinski definition) is 7. The van der Waals surface area contributed by atoms with Crippen molar-refractivity contribution in [1.82, 2.24) is 0 Å². The SMILES string of the molecule is C=C(C)C(=O)O[C@@H]1[C@H]2OC(C)(C)O[C@H]2O[C@@H]1[C@H]1COC(C)(C)O1. The molecule has 0 amide bonds. The second kappa shape index (κ2) is 5.53. The molecular weight excluding hydrogens is 304 g/mol. The Bertz CT molecular complexity index is 513. The van der Waals surface area contributed by atoms with Crippen molar-refractivity contribution in [3.63, 3.8) is 0 Å². The number of esters is 1. The third kappa shape index (κ3) is 3.29. The van der Waals surface area contributed by atoms with Gasteiger partial charge in [-0.25, -0.2) is 4.79 Å². The number of ether oxygens (including phenoxy) is 6. The fourth-order valence-electron chi connectivity index (χ4n) is 3.04. The van der Waals surface area contributed by atoms with Crippen LogP contribution < -0.4 is 0 Å². The van der Waals surface area contributed by atoms with Crippen LogP contribution in [0.25, 0.3) is 0 Å². The molecule has 3 aliphatic heterocycles. The summed E-state index contributed by atoms with van der Waals surface area (Å²) in [5.74, 6) is -1.98. The molecule has 0 aromatic carbocycles. The maximum absolute atomic E-state index is 12.0. The Morgan fingerprint density at radius 3 is 2.35 bits per heavy atom. The molecule has 0 aromatic heterocycles. The Labute approximate surface area is 135 Å². The van der Waals surface area contributed by atoms with Gasteiger partial charge in [-0.05, 0) is 34.6 Å². The zero-order valence-electron chi connectivity index (χ0n) is 14.2. The van der Waals surface area contributed by atoms with Crippen molar-refractivity contribution in [3.8, 4) is 0 Å². The van der Waals surface area contributed by atoms with E-state index in [2.05, 4.69) is 6.58 Å². The number of hydrogen-bond donors (Lipinski definition) is 0. The molecule has 130 valence electrons. The number of carbonyl (C=O) groups is 1. The fourth-order valence-corrected chi connectivity index (χ4v) is 3.04. The lowest BCUT2D eigenvalue weighted by Crippen LogP contribution is -2.45. The van der Waals surface area contributed by atoms with E-state index in [1.807, 2.05) is 13.8 Å². The van der Waals surface area contributed by atoms with Crippen molar-refractivity contribution >= 4 is 5.97 Å². The maximum atomic E-state index is 12.0. The van der Waals surface area contributed by atoms with E-state index < -0.39 is 42.1 Å². The van der Waals surface area contributed by atoms with Gasteiger partial charge in [0.15, 0.2) is 30.1 Å². The first kappa shape index (κ1) is 16.9. The standard InChI is InChI=1S/C16H24O7/c1-8(2)13(17)19-11-10(9-7-18-15(3,4)21-9)20-14-12(11)22-16(5,6)23-14/h9-12,14H,1,7H2,2-6H3/t9-,10-,11+,12-,14-/m1/s1. The van der Waals surface area contributed by atoms with E-state index in [4.69, 9.17) is 28.4 Å². The molecule has 3 saturated heterocycles. The fraction of sp³-hybridized carbons (Fsp3) is 0.812. The Morgan fingerprint density at radius 1 is 1.09 bits per heavy atom. The quantitative estimate of drug-likeness (QED) is 0.574. The van der Waals surface area contributed by atoms with Gasteiger partial charge < -0.3 is 28.4 Å². The van der Waals surface area contributed by atoms with Crippen LogP contribution in [0.5, 0.6) is 0 Å². The molecule has 3 heterocycles. The van der Waals surface area contributed by atoms with Crippen LogP contribution in [0.4, 0.5) is 0 Å². The number of rotatable bonds is 3. The average molecular weight is 328 g/mol. The molecule has 0 N–H and O–H groups in total. The molecule has 0 saturated carbocycles. The van der Waals surface area contributed by atoms with Gasteiger partial charge in [0.2, 0.25) is 0 Å². The summed E-state index contributed by atoms with van der Waals surface area (Å²) in [5, 5.41) is 0. The molecule has 3 rings (SSSR count). The number of carbonyl (C=O) groups excluding carboxylic acids is 1. The summed E-state index contributed by atoms with van der Waals surface area (Å²) in [6.45, 7) is 12.8. The minimum absolute atomic E-state index is 0.314. The highest BCUT2D eigenvalue weighted by Crippen LogP contribution is 2.42. The van der Waals surface area contributed by atoms with E-state index in [-0.39, 0.29) is 6.10 Å². The topological polar surface area (TPSA) is 72.5 Å². The van der Waals surface area contributed by atoms with Gasteiger partial charge in [-0.2, -0.15) is 0 Å². The molecule has 0 bridgehead atoms. The second-order valence-electron chi connectivity index (χ2n) is 7.09. The summed E-state index contributed by atoms with van der Waals surface area (Å²) in [6, 6.07) is 0. The zero-order valence-corrected chi connectivity index (χ0v) is 14.2. The molecule has 7 heteroatoms. The monoisotopic (exact) mass is 328 g/mol. The molecule has 0 unspecified atom stereocenters. The summed E-state index contributed by atoms with van der Waals surface area (Å²) in [5.41, 5.74) is 0.314. The summed E-state index contributed by atoms with van der Waals surface area (Å²) in [6.07, 6.45) is -2.65. The van der Waals surface area contributed by atoms with Gasteiger partial charge in [0.1, 0.15) is 12.2 Å². The third-order valence-corrected chi connectivity index (χ3v) is 4.02. The molecule has 0 radical (unpaired) electrons. The van der Waals surface area contributed by atoms with E-state index in [0.29, 0.717) is 12.2 Å². The third-order valence-electron chi connectivity index (χ3n) is 4.02. The van der Waals surface area contributed by atoms with E-state index in [0.717, 1.165) is 0 Å². The van der Waals surface area contributed by atoms with Crippen molar-refractivity contribution in [2.45, 2.75) is 76.9 Å². The van der Waals surface area contributed by atoms with Crippen molar-refractivity contribution in [1.29, 1.82) is 0 Å². The first-order chi connectivity index (χ1) is 10.6. The van der Waals surface area contributed by atoms with Crippen molar-refractivity contribution < 1.29 is 33.2 Å². The smallest absolute Gasteiger partial charge is 0.333 e. The molecule has 3 fully saturated rings. The molecule has 5 atom stereocenters. The predicted octanol–water partition coefficient (Wildman–Crippen LogP) is 1.50. The molecule has 0 aromatic rings. The van der Waals surface area contributed by atoms with Crippen molar-refractivity contribution in [3.05, 3.63) is 12.2 Å². The van der Waals surface area contributed by atoms with Crippen LogP contribution in [0.15, 0.2) is 12.2 Å². The highest BCUT2D eigenvalue weighted by molar-refractivity contribution is 5.87. The van der Waals surface area contributed by atoms with E-state index in [1.54, 1.807) is 20.8 Å². The van der Waals surface area contributed by atoms with Gasteiger partial charge in [0.05, 0.1) is 6.61 Å². The molecular formula is C16H24O7.